The molecule has 2 N–H and O–H groups in total. The zero-order valence-electron chi connectivity index (χ0n) is 9.84. The molecule has 0 radical (unpaired) electrons. The van der Waals surface area contributed by atoms with E-state index in [-0.39, 0.29) is 0 Å². The van der Waals surface area contributed by atoms with Crippen molar-refractivity contribution < 1.29 is 9.53 Å². The second kappa shape index (κ2) is 6.02. The van der Waals surface area contributed by atoms with Gasteiger partial charge in [-0.15, -0.1) is 11.3 Å². The largest absolute Gasteiger partial charge is 0.412 e. The fraction of sp³-hybridized carbons (Fsp3) is 0.167. The van der Waals surface area contributed by atoms with E-state index in [2.05, 4.69) is 15.6 Å². The SMILES string of the molecule is CNc1nc(CNC(=O)Oc2ccccc2)cs1. The van der Waals surface area contributed by atoms with E-state index in [9.17, 15) is 4.79 Å². The number of anilines is 1. The Bertz CT molecular complexity index is 513. The van der Waals surface area contributed by atoms with Crippen LogP contribution in [0.15, 0.2) is 35.7 Å². The predicted octanol–water partition coefficient (Wildman–Crippen LogP) is 2.47. The lowest BCUT2D eigenvalue weighted by atomic mass is 10.3. The molecule has 1 heterocycles. The molecule has 18 heavy (non-hydrogen) atoms. The number of amides is 1. The van der Waals surface area contributed by atoms with Crippen molar-refractivity contribution in [3.63, 3.8) is 0 Å². The molecule has 0 bridgehead atoms. The van der Waals surface area contributed by atoms with Crippen molar-refractivity contribution in [1.82, 2.24) is 10.3 Å². The topological polar surface area (TPSA) is 63.2 Å². The average molecular weight is 263 g/mol. The monoisotopic (exact) mass is 263 g/mol. The molecule has 0 aliphatic heterocycles. The Kier molecular flexibility index (Phi) is 4.14. The summed E-state index contributed by atoms with van der Waals surface area (Å²) < 4.78 is 5.08. The first-order valence-corrected chi connectivity index (χ1v) is 6.29. The first kappa shape index (κ1) is 12.4. The highest BCUT2D eigenvalue weighted by Gasteiger charge is 2.05. The summed E-state index contributed by atoms with van der Waals surface area (Å²) in [5.41, 5.74) is 0.800. The number of para-hydroxylation sites is 1. The highest BCUT2D eigenvalue weighted by molar-refractivity contribution is 7.13. The molecule has 1 aromatic heterocycles. The van der Waals surface area contributed by atoms with Gasteiger partial charge in [0, 0.05) is 12.4 Å². The molecule has 6 heteroatoms. The standard InChI is InChI=1S/C12H13N3O2S/c1-13-11-15-9(8-18-11)7-14-12(16)17-10-5-3-2-4-6-10/h2-6,8H,7H2,1H3,(H,13,15)(H,14,16). The van der Waals surface area contributed by atoms with Crippen LogP contribution in [-0.2, 0) is 6.54 Å². The normalized spacial score (nSPS) is 9.83. The molecule has 0 unspecified atom stereocenters. The van der Waals surface area contributed by atoms with Crippen molar-refractivity contribution in [2.24, 2.45) is 0 Å². The van der Waals surface area contributed by atoms with Crippen LogP contribution in [0.1, 0.15) is 5.69 Å². The maximum absolute atomic E-state index is 11.5. The number of hydrogen-bond acceptors (Lipinski definition) is 5. The van der Waals surface area contributed by atoms with Crippen molar-refractivity contribution in [1.29, 1.82) is 0 Å². The van der Waals surface area contributed by atoms with Crippen LogP contribution in [0, 0.1) is 0 Å². The quantitative estimate of drug-likeness (QED) is 0.889. The van der Waals surface area contributed by atoms with Crippen molar-refractivity contribution in [3.05, 3.63) is 41.4 Å². The van der Waals surface area contributed by atoms with Crippen LogP contribution < -0.4 is 15.4 Å². The van der Waals surface area contributed by atoms with Gasteiger partial charge in [0.25, 0.3) is 0 Å². The minimum atomic E-state index is -0.486. The summed E-state index contributed by atoms with van der Waals surface area (Å²) in [6, 6.07) is 8.92. The van der Waals surface area contributed by atoms with Crippen LogP contribution in [0.2, 0.25) is 0 Å². The van der Waals surface area contributed by atoms with E-state index in [0.717, 1.165) is 10.8 Å². The van der Waals surface area contributed by atoms with Crippen LogP contribution in [-0.4, -0.2) is 18.1 Å². The van der Waals surface area contributed by atoms with E-state index in [1.54, 1.807) is 19.2 Å². The molecule has 2 rings (SSSR count). The number of ether oxygens (including phenoxy) is 1. The third kappa shape index (κ3) is 3.46. The lowest BCUT2D eigenvalue weighted by molar-refractivity contribution is 0.200. The lowest BCUT2D eigenvalue weighted by Crippen LogP contribution is -2.26. The molecule has 0 spiro atoms. The van der Waals surface area contributed by atoms with Crippen molar-refractivity contribution >= 4 is 22.6 Å². The van der Waals surface area contributed by atoms with Crippen LogP contribution in [0.4, 0.5) is 9.93 Å². The lowest BCUT2D eigenvalue weighted by Gasteiger charge is -2.04. The second-order valence-electron chi connectivity index (χ2n) is 3.45. The van der Waals surface area contributed by atoms with Gasteiger partial charge in [0.2, 0.25) is 0 Å². The van der Waals surface area contributed by atoms with Crippen molar-refractivity contribution in [2.75, 3.05) is 12.4 Å². The Hall–Kier alpha value is -2.08. The summed E-state index contributed by atoms with van der Waals surface area (Å²) in [7, 11) is 1.81. The average Bonchev–Trinajstić information content (AvgIpc) is 2.85. The Morgan fingerprint density at radius 1 is 1.39 bits per heavy atom. The molecular formula is C12H13N3O2S. The van der Waals surface area contributed by atoms with Gasteiger partial charge >= 0.3 is 6.09 Å². The van der Waals surface area contributed by atoms with E-state index in [1.165, 1.54) is 11.3 Å². The number of carbonyl (C=O) groups is 1. The van der Waals surface area contributed by atoms with E-state index < -0.39 is 6.09 Å². The predicted molar refractivity (Wildman–Crippen MR) is 71.0 cm³/mol. The summed E-state index contributed by atoms with van der Waals surface area (Å²) in [5.74, 6) is 0.518. The third-order valence-electron chi connectivity index (χ3n) is 2.13. The third-order valence-corrected chi connectivity index (χ3v) is 3.04. The summed E-state index contributed by atoms with van der Waals surface area (Å²) in [6.45, 7) is 0.351. The molecule has 0 aliphatic rings. The van der Waals surface area contributed by atoms with Gasteiger partial charge in [-0.1, -0.05) is 18.2 Å². The molecule has 1 amide bonds. The van der Waals surface area contributed by atoms with Gasteiger partial charge in [0.05, 0.1) is 12.2 Å². The number of nitrogens with zero attached hydrogens (tertiary/aromatic N) is 1. The Balaban J connectivity index is 1.81. The Morgan fingerprint density at radius 3 is 2.83 bits per heavy atom. The van der Waals surface area contributed by atoms with Crippen LogP contribution >= 0.6 is 11.3 Å². The summed E-state index contributed by atoms with van der Waals surface area (Å²) >= 11 is 1.49. The maximum atomic E-state index is 11.5. The Morgan fingerprint density at radius 2 is 2.17 bits per heavy atom. The Labute approximate surface area is 109 Å². The second-order valence-corrected chi connectivity index (χ2v) is 4.31. The van der Waals surface area contributed by atoms with Gasteiger partial charge in [-0.2, -0.15) is 0 Å². The molecule has 94 valence electrons. The highest BCUT2D eigenvalue weighted by Crippen LogP contribution is 2.14. The van der Waals surface area contributed by atoms with Gasteiger partial charge in [-0.25, -0.2) is 9.78 Å². The molecule has 2 aromatic rings. The van der Waals surface area contributed by atoms with Gasteiger partial charge in [0.15, 0.2) is 5.13 Å². The number of hydrogen-bond donors (Lipinski definition) is 2. The molecule has 0 fully saturated rings. The molecule has 1 aromatic carbocycles. The first-order valence-electron chi connectivity index (χ1n) is 5.41. The highest BCUT2D eigenvalue weighted by atomic mass is 32.1. The van der Waals surface area contributed by atoms with Gasteiger partial charge in [0.1, 0.15) is 5.75 Å². The zero-order valence-corrected chi connectivity index (χ0v) is 10.7. The van der Waals surface area contributed by atoms with Crippen LogP contribution in [0.25, 0.3) is 0 Å². The van der Waals surface area contributed by atoms with Gasteiger partial charge in [-0.3, -0.25) is 0 Å². The zero-order chi connectivity index (χ0) is 12.8. The summed E-state index contributed by atoms with van der Waals surface area (Å²) in [5, 5.41) is 8.28. The minimum absolute atomic E-state index is 0.351. The van der Waals surface area contributed by atoms with Gasteiger partial charge < -0.3 is 15.4 Å². The minimum Gasteiger partial charge on any atom is -0.410 e. The number of thiazole rings is 1. The number of carbonyl (C=O) groups excluding carboxylic acids is 1. The number of nitrogens with one attached hydrogen (secondary N) is 2. The molecule has 5 nitrogen and oxygen atoms in total. The fourth-order valence-corrected chi connectivity index (χ4v) is 1.97. The molecule has 0 saturated carbocycles. The molecular weight excluding hydrogens is 250 g/mol. The molecule has 0 aliphatic carbocycles. The van der Waals surface area contributed by atoms with E-state index in [1.807, 2.05) is 23.6 Å². The number of benzene rings is 1. The summed E-state index contributed by atoms with van der Waals surface area (Å²) in [4.78, 5) is 15.7. The van der Waals surface area contributed by atoms with Crippen LogP contribution in [0.5, 0.6) is 5.75 Å². The van der Waals surface area contributed by atoms with E-state index in [4.69, 9.17) is 4.74 Å². The van der Waals surface area contributed by atoms with E-state index in [0.29, 0.717) is 12.3 Å². The van der Waals surface area contributed by atoms with Crippen molar-refractivity contribution in [3.8, 4) is 5.75 Å². The molecule has 0 saturated heterocycles. The molecule has 0 atom stereocenters. The smallest absolute Gasteiger partial charge is 0.410 e. The summed E-state index contributed by atoms with van der Waals surface area (Å²) in [6.07, 6.45) is -0.486. The van der Waals surface area contributed by atoms with Crippen LogP contribution in [0.3, 0.4) is 0 Å². The number of aromatic nitrogens is 1. The number of rotatable bonds is 4. The maximum Gasteiger partial charge on any atom is 0.412 e. The van der Waals surface area contributed by atoms with E-state index >= 15 is 0 Å². The van der Waals surface area contributed by atoms with Gasteiger partial charge in [-0.05, 0) is 12.1 Å². The van der Waals surface area contributed by atoms with Crippen molar-refractivity contribution in [2.45, 2.75) is 6.54 Å². The first-order chi connectivity index (χ1) is 8.78. The fourth-order valence-electron chi connectivity index (χ4n) is 1.30.